The fourth-order valence-corrected chi connectivity index (χ4v) is 3.45. The number of amides is 1. The Morgan fingerprint density at radius 3 is 2.62 bits per heavy atom. The molecular formula is C17H30ClN5O. The number of hydrogen-bond donors (Lipinski definition) is 1. The first-order valence-corrected chi connectivity index (χ1v) is 8.90. The maximum atomic E-state index is 12.5. The smallest absolute Gasteiger partial charge is 0.223 e. The zero-order valence-corrected chi connectivity index (χ0v) is 15.9. The summed E-state index contributed by atoms with van der Waals surface area (Å²) in [6, 6.07) is 0. The molecule has 1 aromatic heterocycles. The lowest BCUT2D eigenvalue weighted by Crippen LogP contribution is -2.40. The van der Waals surface area contributed by atoms with Crippen molar-refractivity contribution in [2.45, 2.75) is 65.5 Å². The predicted molar refractivity (Wildman–Crippen MR) is 96.2 cm³/mol. The van der Waals surface area contributed by atoms with Crippen LogP contribution in [0.5, 0.6) is 0 Å². The van der Waals surface area contributed by atoms with Gasteiger partial charge in [0, 0.05) is 38.5 Å². The van der Waals surface area contributed by atoms with Gasteiger partial charge in [-0.1, -0.05) is 27.2 Å². The largest absolute Gasteiger partial charge is 0.343 e. The molecule has 1 saturated heterocycles. The summed E-state index contributed by atoms with van der Waals surface area (Å²) in [5, 5.41) is 12.1. The van der Waals surface area contributed by atoms with Crippen LogP contribution >= 0.6 is 12.4 Å². The minimum absolute atomic E-state index is 0. The molecule has 1 N–H and O–H groups in total. The van der Waals surface area contributed by atoms with Gasteiger partial charge in [0.2, 0.25) is 5.91 Å². The van der Waals surface area contributed by atoms with E-state index in [0.717, 1.165) is 63.6 Å². The lowest BCUT2D eigenvalue weighted by molar-refractivity contribution is -0.134. The molecule has 0 saturated carbocycles. The number of rotatable bonds is 4. The van der Waals surface area contributed by atoms with E-state index in [0.29, 0.717) is 18.2 Å². The number of hydrogen-bond acceptors (Lipinski definition) is 4. The van der Waals surface area contributed by atoms with Crippen molar-refractivity contribution in [3.8, 4) is 0 Å². The molecule has 1 aromatic rings. The summed E-state index contributed by atoms with van der Waals surface area (Å²) in [6.45, 7) is 11.0. The Morgan fingerprint density at radius 2 is 1.96 bits per heavy atom. The number of carbonyl (C=O) groups excluding carboxylic acids is 1. The summed E-state index contributed by atoms with van der Waals surface area (Å²) >= 11 is 0. The highest BCUT2D eigenvalue weighted by Gasteiger charge is 2.30. The van der Waals surface area contributed by atoms with Gasteiger partial charge in [-0.3, -0.25) is 4.79 Å². The molecule has 3 rings (SSSR count). The molecule has 0 atom stereocenters. The third-order valence-corrected chi connectivity index (χ3v) is 5.45. The molecule has 6 nitrogen and oxygen atoms in total. The molecule has 0 aliphatic carbocycles. The molecule has 1 amide bonds. The number of halogens is 1. The van der Waals surface area contributed by atoms with Gasteiger partial charge < -0.3 is 14.8 Å². The van der Waals surface area contributed by atoms with Crippen molar-refractivity contribution in [3.63, 3.8) is 0 Å². The third-order valence-electron chi connectivity index (χ3n) is 5.45. The van der Waals surface area contributed by atoms with Crippen LogP contribution in [0, 0.1) is 5.41 Å². The van der Waals surface area contributed by atoms with E-state index in [1.54, 1.807) is 0 Å². The Kier molecular flexibility index (Phi) is 6.26. The summed E-state index contributed by atoms with van der Waals surface area (Å²) in [5.74, 6) is 2.93. The summed E-state index contributed by atoms with van der Waals surface area (Å²) in [5.41, 5.74) is 0.104. The summed E-state index contributed by atoms with van der Waals surface area (Å²) in [7, 11) is 0. The molecule has 1 fully saturated rings. The van der Waals surface area contributed by atoms with Crippen LogP contribution in [-0.2, 0) is 17.9 Å². The van der Waals surface area contributed by atoms with Gasteiger partial charge >= 0.3 is 0 Å². The van der Waals surface area contributed by atoms with E-state index in [9.17, 15) is 4.79 Å². The number of piperidine rings is 1. The molecule has 0 unspecified atom stereocenters. The SMILES string of the molecule is CCC(C)(C)CC(=O)N1CCC(c2nnc3n2CCNC3)CC1.Cl. The average molecular weight is 356 g/mol. The second-order valence-corrected chi connectivity index (χ2v) is 7.65. The van der Waals surface area contributed by atoms with Crippen molar-refractivity contribution in [1.29, 1.82) is 0 Å². The first-order chi connectivity index (χ1) is 11.0. The number of likely N-dealkylation sites (tertiary alicyclic amines) is 1. The van der Waals surface area contributed by atoms with Crippen LogP contribution in [0.2, 0.25) is 0 Å². The second-order valence-electron chi connectivity index (χ2n) is 7.65. The van der Waals surface area contributed by atoms with Crippen molar-refractivity contribution < 1.29 is 4.79 Å². The van der Waals surface area contributed by atoms with Crippen LogP contribution in [0.4, 0.5) is 0 Å². The Labute approximate surface area is 150 Å². The molecule has 0 radical (unpaired) electrons. The van der Waals surface area contributed by atoms with E-state index in [-0.39, 0.29) is 17.8 Å². The lowest BCUT2D eigenvalue weighted by Gasteiger charge is -2.34. The Bertz CT molecular complexity index is 563. The lowest BCUT2D eigenvalue weighted by atomic mass is 9.85. The molecule has 24 heavy (non-hydrogen) atoms. The van der Waals surface area contributed by atoms with Crippen LogP contribution in [0.3, 0.4) is 0 Å². The molecule has 0 aromatic carbocycles. The zero-order valence-electron chi connectivity index (χ0n) is 15.0. The topological polar surface area (TPSA) is 63.1 Å². The van der Waals surface area contributed by atoms with Crippen molar-refractivity contribution in [2.24, 2.45) is 5.41 Å². The molecule has 136 valence electrons. The van der Waals surface area contributed by atoms with Gasteiger partial charge in [0.25, 0.3) is 0 Å². The molecule has 0 bridgehead atoms. The molecule has 0 spiro atoms. The first kappa shape index (κ1) is 19.2. The second kappa shape index (κ2) is 7.83. The van der Waals surface area contributed by atoms with Crippen LogP contribution < -0.4 is 5.32 Å². The van der Waals surface area contributed by atoms with Gasteiger partial charge in [-0.05, 0) is 18.3 Å². The van der Waals surface area contributed by atoms with Gasteiger partial charge in [-0.2, -0.15) is 0 Å². The van der Waals surface area contributed by atoms with Gasteiger partial charge in [-0.15, -0.1) is 22.6 Å². The van der Waals surface area contributed by atoms with Crippen molar-refractivity contribution in [3.05, 3.63) is 11.6 Å². The molecular weight excluding hydrogens is 326 g/mol. The van der Waals surface area contributed by atoms with Crippen molar-refractivity contribution in [1.82, 2.24) is 25.0 Å². The standard InChI is InChI=1S/C17H29N5O.ClH/c1-4-17(2,3)11-15(23)21-8-5-13(6-9-21)16-20-19-14-12-18-7-10-22(14)16;/h13,18H,4-12H2,1-3H3;1H. The quantitative estimate of drug-likeness (QED) is 0.900. The monoisotopic (exact) mass is 355 g/mol. The minimum Gasteiger partial charge on any atom is -0.343 e. The summed E-state index contributed by atoms with van der Waals surface area (Å²) in [4.78, 5) is 14.5. The molecule has 2 aliphatic heterocycles. The van der Waals surface area contributed by atoms with Crippen molar-refractivity contribution >= 4 is 18.3 Å². The van der Waals surface area contributed by atoms with Gasteiger partial charge in [0.1, 0.15) is 11.6 Å². The highest BCUT2D eigenvalue weighted by atomic mass is 35.5. The number of carbonyl (C=O) groups is 1. The number of aromatic nitrogens is 3. The Hall–Kier alpha value is -1.14. The minimum atomic E-state index is 0. The van der Waals surface area contributed by atoms with E-state index in [2.05, 4.69) is 40.9 Å². The zero-order chi connectivity index (χ0) is 16.4. The fourth-order valence-electron chi connectivity index (χ4n) is 3.45. The fraction of sp³-hybridized carbons (Fsp3) is 0.824. The first-order valence-electron chi connectivity index (χ1n) is 8.90. The van der Waals surface area contributed by atoms with Gasteiger partial charge in [-0.25, -0.2) is 0 Å². The molecule has 3 heterocycles. The average Bonchev–Trinajstić information content (AvgIpc) is 2.98. The van der Waals surface area contributed by atoms with E-state index in [1.165, 1.54) is 0 Å². The summed E-state index contributed by atoms with van der Waals surface area (Å²) in [6.07, 6.45) is 3.70. The molecule has 2 aliphatic rings. The van der Waals surface area contributed by atoms with E-state index in [4.69, 9.17) is 0 Å². The van der Waals surface area contributed by atoms with Gasteiger partial charge in [0.05, 0.1) is 6.54 Å². The van der Waals surface area contributed by atoms with E-state index >= 15 is 0 Å². The molecule has 7 heteroatoms. The van der Waals surface area contributed by atoms with E-state index in [1.807, 2.05) is 4.90 Å². The maximum Gasteiger partial charge on any atom is 0.223 e. The van der Waals surface area contributed by atoms with Crippen LogP contribution in [0.15, 0.2) is 0 Å². The highest BCUT2D eigenvalue weighted by molar-refractivity contribution is 5.85. The van der Waals surface area contributed by atoms with Gasteiger partial charge in [0.15, 0.2) is 0 Å². The van der Waals surface area contributed by atoms with Crippen molar-refractivity contribution in [2.75, 3.05) is 19.6 Å². The predicted octanol–water partition coefficient (Wildman–Crippen LogP) is 2.34. The number of nitrogens with one attached hydrogen (secondary N) is 1. The van der Waals surface area contributed by atoms with Crippen LogP contribution in [-0.4, -0.2) is 45.2 Å². The highest BCUT2D eigenvalue weighted by Crippen LogP contribution is 2.30. The summed E-state index contributed by atoms with van der Waals surface area (Å²) < 4.78 is 2.28. The normalized spacial score (nSPS) is 18.9. The Balaban J connectivity index is 0.00000208. The van der Waals surface area contributed by atoms with Crippen LogP contribution in [0.1, 0.15) is 64.0 Å². The third kappa shape index (κ3) is 4.09. The van der Waals surface area contributed by atoms with Crippen LogP contribution in [0.25, 0.3) is 0 Å². The van der Waals surface area contributed by atoms with E-state index < -0.39 is 0 Å². The Morgan fingerprint density at radius 1 is 1.25 bits per heavy atom. The number of fused-ring (bicyclic) bond motifs is 1. The maximum absolute atomic E-state index is 12.5. The number of nitrogens with zero attached hydrogens (tertiary/aromatic N) is 4.